The van der Waals surface area contributed by atoms with Crippen LogP contribution in [-0.2, 0) is 9.59 Å². The predicted octanol–water partition coefficient (Wildman–Crippen LogP) is 2.32. The van der Waals surface area contributed by atoms with E-state index in [9.17, 15) is 9.59 Å². The van der Waals surface area contributed by atoms with Crippen molar-refractivity contribution in [2.24, 2.45) is 0 Å². The van der Waals surface area contributed by atoms with Crippen molar-refractivity contribution in [2.45, 2.75) is 25.8 Å². The zero-order chi connectivity index (χ0) is 24.2. The Labute approximate surface area is 196 Å². The SMILES string of the molecule is C=CC(=O)N1CCCC(N(C=O)c2ncnc(N)c2N(C)c2ccc(-c3noc(C)n3)cc2)C1. The van der Waals surface area contributed by atoms with E-state index in [1.165, 1.54) is 17.3 Å². The summed E-state index contributed by atoms with van der Waals surface area (Å²) in [5.41, 5.74) is 8.34. The standard InChI is InChI=1S/C23H26N8O3/c1-4-19(33)30-11-5-6-18(12-30)31(14-32)23-20(21(24)25-13-26-23)29(3)17-9-7-16(8-10-17)22-27-15(2)34-28-22/h4,7-10,13-14,18H,1,5-6,11-12H2,2-3H3,(H2,24,25,26). The molecule has 1 aliphatic heterocycles. The minimum absolute atomic E-state index is 0.160. The van der Waals surface area contributed by atoms with E-state index in [0.29, 0.717) is 36.3 Å². The molecule has 3 heterocycles. The van der Waals surface area contributed by atoms with Gasteiger partial charge in [0.25, 0.3) is 0 Å². The van der Waals surface area contributed by atoms with Gasteiger partial charge in [-0.3, -0.25) is 14.5 Å². The van der Waals surface area contributed by atoms with E-state index in [1.54, 1.807) is 11.8 Å². The van der Waals surface area contributed by atoms with Crippen LogP contribution < -0.4 is 15.5 Å². The summed E-state index contributed by atoms with van der Waals surface area (Å²) in [6.07, 6.45) is 4.83. The maximum atomic E-state index is 12.2. The predicted molar refractivity (Wildman–Crippen MR) is 127 cm³/mol. The lowest BCUT2D eigenvalue weighted by Crippen LogP contribution is -2.49. The van der Waals surface area contributed by atoms with Gasteiger partial charge in [-0.2, -0.15) is 4.98 Å². The van der Waals surface area contributed by atoms with E-state index < -0.39 is 0 Å². The average Bonchev–Trinajstić information content (AvgIpc) is 3.30. The van der Waals surface area contributed by atoms with Crippen LogP contribution in [0.15, 0.2) is 47.8 Å². The van der Waals surface area contributed by atoms with Crippen molar-refractivity contribution in [2.75, 3.05) is 35.7 Å². The van der Waals surface area contributed by atoms with Gasteiger partial charge in [-0.1, -0.05) is 11.7 Å². The highest BCUT2D eigenvalue weighted by atomic mass is 16.5. The minimum Gasteiger partial charge on any atom is -0.382 e. The largest absolute Gasteiger partial charge is 0.382 e. The van der Waals surface area contributed by atoms with E-state index in [0.717, 1.165) is 30.5 Å². The molecule has 1 fully saturated rings. The molecule has 1 unspecified atom stereocenters. The number of likely N-dealkylation sites (tertiary alicyclic amines) is 1. The Bertz CT molecular complexity index is 1190. The Kier molecular flexibility index (Phi) is 6.53. The summed E-state index contributed by atoms with van der Waals surface area (Å²) in [6, 6.07) is 7.25. The summed E-state index contributed by atoms with van der Waals surface area (Å²) >= 11 is 0. The number of carbonyl (C=O) groups excluding carboxylic acids is 2. The number of amides is 2. The maximum Gasteiger partial charge on any atom is 0.246 e. The van der Waals surface area contributed by atoms with E-state index in [2.05, 4.69) is 26.7 Å². The number of anilines is 4. The smallest absolute Gasteiger partial charge is 0.246 e. The van der Waals surface area contributed by atoms with Crippen molar-refractivity contribution in [3.8, 4) is 11.4 Å². The molecule has 1 aromatic carbocycles. The first-order valence-electron chi connectivity index (χ1n) is 10.8. The van der Waals surface area contributed by atoms with Crippen LogP contribution >= 0.6 is 0 Å². The molecular weight excluding hydrogens is 436 g/mol. The summed E-state index contributed by atoms with van der Waals surface area (Å²) in [5, 5.41) is 3.94. The normalized spacial score (nSPS) is 15.6. The molecule has 3 aromatic rings. The van der Waals surface area contributed by atoms with Crippen molar-refractivity contribution in [3.63, 3.8) is 0 Å². The lowest BCUT2D eigenvalue weighted by Gasteiger charge is -2.38. The van der Waals surface area contributed by atoms with Crippen LogP contribution in [0.25, 0.3) is 11.4 Å². The fourth-order valence-corrected chi connectivity index (χ4v) is 4.09. The number of nitrogens with two attached hydrogens (primary N) is 1. The van der Waals surface area contributed by atoms with Gasteiger partial charge in [0.2, 0.25) is 24.0 Å². The molecule has 2 aromatic heterocycles. The fraction of sp³-hybridized carbons (Fsp3) is 0.304. The first-order chi connectivity index (χ1) is 16.4. The van der Waals surface area contributed by atoms with Gasteiger partial charge in [0.15, 0.2) is 11.6 Å². The molecule has 0 saturated carbocycles. The number of nitrogens with zero attached hydrogens (tertiary/aromatic N) is 7. The number of benzene rings is 1. The van der Waals surface area contributed by atoms with Gasteiger partial charge in [-0.05, 0) is 43.2 Å². The van der Waals surface area contributed by atoms with Crippen LogP contribution in [0.2, 0.25) is 0 Å². The molecular formula is C23H26N8O3. The molecule has 1 saturated heterocycles. The van der Waals surface area contributed by atoms with Gasteiger partial charge >= 0.3 is 0 Å². The van der Waals surface area contributed by atoms with E-state index in [4.69, 9.17) is 10.3 Å². The molecule has 0 spiro atoms. The first-order valence-corrected chi connectivity index (χ1v) is 10.8. The van der Waals surface area contributed by atoms with Crippen LogP contribution in [0.3, 0.4) is 0 Å². The van der Waals surface area contributed by atoms with E-state index in [-0.39, 0.29) is 17.8 Å². The number of piperidine rings is 1. The average molecular weight is 463 g/mol. The number of carbonyl (C=O) groups is 2. The summed E-state index contributed by atoms with van der Waals surface area (Å²) in [5.74, 6) is 1.43. The Morgan fingerprint density at radius 1 is 1.29 bits per heavy atom. The van der Waals surface area contributed by atoms with E-state index >= 15 is 0 Å². The molecule has 1 aliphatic rings. The van der Waals surface area contributed by atoms with Crippen molar-refractivity contribution >= 4 is 35.3 Å². The molecule has 1 atom stereocenters. The lowest BCUT2D eigenvalue weighted by atomic mass is 10.0. The Morgan fingerprint density at radius 2 is 2.06 bits per heavy atom. The lowest BCUT2D eigenvalue weighted by molar-refractivity contribution is -0.127. The molecule has 0 bridgehead atoms. The number of aryl methyl sites for hydroxylation is 1. The summed E-state index contributed by atoms with van der Waals surface area (Å²) in [6.45, 7) is 6.30. The summed E-state index contributed by atoms with van der Waals surface area (Å²) in [4.78, 5) is 42.2. The third kappa shape index (κ3) is 4.45. The molecule has 0 aliphatic carbocycles. The van der Waals surface area contributed by atoms with Crippen molar-refractivity contribution < 1.29 is 14.1 Å². The molecule has 11 heteroatoms. The van der Waals surface area contributed by atoms with Crippen LogP contribution in [0.5, 0.6) is 0 Å². The van der Waals surface area contributed by atoms with Crippen molar-refractivity contribution in [1.82, 2.24) is 25.0 Å². The third-order valence-corrected chi connectivity index (χ3v) is 5.84. The van der Waals surface area contributed by atoms with Crippen LogP contribution in [-0.4, -0.2) is 63.5 Å². The van der Waals surface area contributed by atoms with Crippen LogP contribution in [0.1, 0.15) is 18.7 Å². The molecule has 176 valence electrons. The molecule has 11 nitrogen and oxygen atoms in total. The minimum atomic E-state index is -0.250. The van der Waals surface area contributed by atoms with E-state index in [1.807, 2.05) is 36.2 Å². The monoisotopic (exact) mass is 462 g/mol. The van der Waals surface area contributed by atoms with Crippen molar-refractivity contribution in [3.05, 3.63) is 49.1 Å². The Balaban J connectivity index is 1.65. The second-order valence-electron chi connectivity index (χ2n) is 7.97. The molecule has 2 N–H and O–H groups in total. The number of rotatable bonds is 7. The van der Waals surface area contributed by atoms with Crippen molar-refractivity contribution in [1.29, 1.82) is 0 Å². The topological polar surface area (TPSA) is 135 Å². The highest BCUT2D eigenvalue weighted by Crippen LogP contribution is 2.37. The van der Waals surface area contributed by atoms with Gasteiger partial charge in [0.1, 0.15) is 12.0 Å². The first kappa shape index (κ1) is 22.9. The Hall–Kier alpha value is -4.28. The summed E-state index contributed by atoms with van der Waals surface area (Å²) < 4.78 is 5.05. The van der Waals surface area contributed by atoms with Gasteiger partial charge in [0, 0.05) is 38.3 Å². The number of aromatic nitrogens is 4. The molecule has 4 rings (SSSR count). The molecule has 0 radical (unpaired) electrons. The molecule has 34 heavy (non-hydrogen) atoms. The Morgan fingerprint density at radius 3 is 2.71 bits per heavy atom. The van der Waals surface area contributed by atoms with Gasteiger partial charge in [-0.15, -0.1) is 0 Å². The zero-order valence-corrected chi connectivity index (χ0v) is 19.1. The third-order valence-electron chi connectivity index (χ3n) is 5.84. The van der Waals surface area contributed by atoms with Gasteiger partial charge in [0.05, 0.1) is 6.04 Å². The summed E-state index contributed by atoms with van der Waals surface area (Å²) in [7, 11) is 1.82. The highest BCUT2D eigenvalue weighted by Gasteiger charge is 2.31. The fourth-order valence-electron chi connectivity index (χ4n) is 4.09. The highest BCUT2D eigenvalue weighted by molar-refractivity contribution is 5.90. The second-order valence-corrected chi connectivity index (χ2v) is 7.97. The second kappa shape index (κ2) is 9.69. The quantitative estimate of drug-likeness (QED) is 0.414. The number of nitrogen functional groups attached to an aromatic ring is 1. The van der Waals surface area contributed by atoms with Crippen LogP contribution in [0, 0.1) is 6.92 Å². The van der Waals surface area contributed by atoms with Gasteiger partial charge < -0.3 is 20.1 Å². The number of hydrogen-bond donors (Lipinski definition) is 1. The zero-order valence-electron chi connectivity index (χ0n) is 19.1. The van der Waals surface area contributed by atoms with Crippen LogP contribution in [0.4, 0.5) is 23.0 Å². The molecule has 2 amide bonds. The number of hydrogen-bond acceptors (Lipinski definition) is 9. The maximum absolute atomic E-state index is 12.2. The van der Waals surface area contributed by atoms with Gasteiger partial charge in [-0.25, -0.2) is 9.97 Å².